The fourth-order valence-corrected chi connectivity index (χ4v) is 5.39. The van der Waals surface area contributed by atoms with Crippen molar-refractivity contribution in [2.24, 2.45) is 0 Å². The van der Waals surface area contributed by atoms with Gasteiger partial charge in [-0.15, -0.1) is 0 Å². The lowest BCUT2D eigenvalue weighted by atomic mass is 9.88. The molecule has 0 unspecified atom stereocenters. The number of halogens is 5. The molecule has 1 fully saturated rings. The lowest BCUT2D eigenvalue weighted by molar-refractivity contribution is -0.138. The van der Waals surface area contributed by atoms with Crippen LogP contribution in [-0.4, -0.2) is 49.7 Å². The van der Waals surface area contributed by atoms with Crippen molar-refractivity contribution in [3.05, 3.63) is 99.3 Å². The predicted octanol–water partition coefficient (Wildman–Crippen LogP) is 6.91. The van der Waals surface area contributed by atoms with Gasteiger partial charge >= 0.3 is 12.1 Å². The molecule has 3 heterocycles. The molecule has 1 amide bonds. The molecule has 1 N–H and O–H groups in total. The zero-order valence-corrected chi connectivity index (χ0v) is 22.9. The summed E-state index contributed by atoms with van der Waals surface area (Å²) in [5, 5.41) is 15.0. The molecule has 2 aromatic carbocycles. The van der Waals surface area contributed by atoms with Gasteiger partial charge in [-0.1, -0.05) is 53.5 Å². The highest BCUT2D eigenvalue weighted by Gasteiger charge is 2.34. The first-order valence-electron chi connectivity index (χ1n) is 12.7. The van der Waals surface area contributed by atoms with E-state index in [0.717, 1.165) is 12.1 Å². The highest BCUT2D eigenvalue weighted by Crippen LogP contribution is 2.36. The summed E-state index contributed by atoms with van der Waals surface area (Å²) >= 11 is 12.5. The summed E-state index contributed by atoms with van der Waals surface area (Å²) < 4.78 is 41.0. The highest BCUT2D eigenvalue weighted by molar-refractivity contribution is 6.32. The van der Waals surface area contributed by atoms with Crippen LogP contribution in [-0.2, 0) is 17.4 Å². The Hall–Kier alpha value is -3.89. The Morgan fingerprint density at radius 2 is 1.71 bits per heavy atom. The van der Waals surface area contributed by atoms with Crippen molar-refractivity contribution >= 4 is 35.1 Å². The summed E-state index contributed by atoms with van der Waals surface area (Å²) in [7, 11) is 0. The number of hydrogen-bond acceptors (Lipinski definition) is 4. The van der Waals surface area contributed by atoms with Crippen LogP contribution in [0.3, 0.4) is 0 Å². The number of likely N-dealkylation sites (tertiary alicyclic amines) is 1. The summed E-state index contributed by atoms with van der Waals surface area (Å²) in [6.45, 7) is 0.527. The lowest BCUT2D eigenvalue weighted by Crippen LogP contribution is -2.38. The second-order valence-corrected chi connectivity index (χ2v) is 10.5. The lowest BCUT2D eigenvalue weighted by Gasteiger charge is -2.32. The van der Waals surface area contributed by atoms with Crippen molar-refractivity contribution in [3.63, 3.8) is 0 Å². The molecule has 7 nitrogen and oxygen atoms in total. The van der Waals surface area contributed by atoms with Crippen molar-refractivity contribution in [3.8, 4) is 17.1 Å². The third-order valence-electron chi connectivity index (χ3n) is 7.04. The van der Waals surface area contributed by atoms with Gasteiger partial charge in [0.25, 0.3) is 5.91 Å². The minimum atomic E-state index is -4.44. The standard InChI is InChI=1S/C29H23Cl2F3N4O3/c30-21-8-6-18(7-9-21)26-22(16-24(39)40)25(36-38(26)27-23(31)5-2-12-35-27)28(41)37-13-10-17(11-14-37)19-3-1-4-20(15-19)29(32,33)34/h1-9,12,15,17H,10-11,13-14,16H2,(H,39,40). The molecule has 41 heavy (non-hydrogen) atoms. The van der Waals surface area contributed by atoms with E-state index < -0.39 is 30.0 Å². The Morgan fingerprint density at radius 3 is 2.34 bits per heavy atom. The Bertz CT molecular complexity index is 1600. The number of benzene rings is 2. The Labute approximate surface area is 243 Å². The van der Waals surface area contributed by atoms with E-state index in [1.807, 2.05) is 0 Å². The number of alkyl halides is 3. The van der Waals surface area contributed by atoms with Crippen LogP contribution in [0.4, 0.5) is 13.2 Å². The quantitative estimate of drug-likeness (QED) is 0.259. The fraction of sp³-hybridized carbons (Fsp3) is 0.241. The van der Waals surface area contributed by atoms with E-state index >= 15 is 0 Å². The van der Waals surface area contributed by atoms with E-state index in [2.05, 4.69) is 10.1 Å². The number of piperidine rings is 1. The fourth-order valence-electron chi connectivity index (χ4n) is 5.07. The van der Waals surface area contributed by atoms with E-state index in [1.165, 1.54) is 16.9 Å². The smallest absolute Gasteiger partial charge is 0.416 e. The van der Waals surface area contributed by atoms with Gasteiger partial charge in [0.05, 0.1) is 22.7 Å². The first kappa shape index (κ1) is 28.6. The summed E-state index contributed by atoms with van der Waals surface area (Å²) in [6.07, 6.45) is -2.55. The molecule has 2 aromatic heterocycles. The average molecular weight is 603 g/mol. The summed E-state index contributed by atoms with van der Waals surface area (Å²) in [6, 6.07) is 15.1. The maximum absolute atomic E-state index is 13.8. The molecule has 12 heteroatoms. The molecule has 0 spiro atoms. The number of amides is 1. The molecule has 1 aliphatic heterocycles. The highest BCUT2D eigenvalue weighted by atomic mass is 35.5. The Balaban J connectivity index is 1.50. The largest absolute Gasteiger partial charge is 0.481 e. The molecule has 0 bridgehead atoms. The van der Waals surface area contributed by atoms with E-state index in [4.69, 9.17) is 23.2 Å². The van der Waals surface area contributed by atoms with E-state index in [-0.39, 0.29) is 41.1 Å². The number of rotatable bonds is 6. The van der Waals surface area contributed by atoms with Crippen molar-refractivity contribution in [1.29, 1.82) is 0 Å². The predicted molar refractivity (Wildman–Crippen MR) is 147 cm³/mol. The van der Waals surface area contributed by atoms with Gasteiger partial charge in [-0.05, 0) is 54.7 Å². The van der Waals surface area contributed by atoms with Crippen molar-refractivity contribution < 1.29 is 27.9 Å². The molecular weight excluding hydrogens is 580 g/mol. The Morgan fingerprint density at radius 1 is 1.00 bits per heavy atom. The molecule has 0 atom stereocenters. The molecule has 4 aromatic rings. The number of carboxylic acid groups (broad SMARTS) is 1. The number of carboxylic acids is 1. The number of carbonyl (C=O) groups is 2. The second kappa shape index (κ2) is 11.5. The van der Waals surface area contributed by atoms with Crippen LogP contribution in [0.15, 0.2) is 66.9 Å². The van der Waals surface area contributed by atoms with E-state index in [0.29, 0.717) is 34.7 Å². The molecule has 1 saturated heterocycles. The van der Waals surface area contributed by atoms with Crippen LogP contribution >= 0.6 is 23.2 Å². The van der Waals surface area contributed by atoms with Crippen molar-refractivity contribution in [2.45, 2.75) is 31.4 Å². The molecule has 1 aliphatic rings. The first-order chi connectivity index (χ1) is 19.5. The number of aromatic nitrogens is 3. The third kappa shape index (κ3) is 6.08. The topological polar surface area (TPSA) is 88.3 Å². The SMILES string of the molecule is O=C(O)Cc1c(C(=O)N2CCC(c3cccc(C(F)(F)F)c3)CC2)nn(-c2ncccc2Cl)c1-c1ccc(Cl)cc1. The van der Waals surface area contributed by atoms with Crippen molar-refractivity contribution in [1.82, 2.24) is 19.7 Å². The summed E-state index contributed by atoms with van der Waals surface area (Å²) in [5.41, 5.74) is 0.884. The van der Waals surface area contributed by atoms with Crippen LogP contribution in [0.1, 0.15) is 45.9 Å². The molecule has 5 rings (SSSR count). The van der Waals surface area contributed by atoms with Crippen LogP contribution in [0, 0.1) is 0 Å². The van der Waals surface area contributed by atoms with E-state index in [1.54, 1.807) is 47.4 Å². The number of hydrogen-bond donors (Lipinski definition) is 1. The minimum Gasteiger partial charge on any atom is -0.481 e. The van der Waals surface area contributed by atoms with Crippen LogP contribution in [0.25, 0.3) is 17.1 Å². The molecule has 0 saturated carbocycles. The van der Waals surface area contributed by atoms with Gasteiger partial charge in [-0.3, -0.25) is 9.59 Å². The zero-order chi connectivity index (χ0) is 29.3. The molecule has 0 radical (unpaired) electrons. The molecule has 212 valence electrons. The van der Waals surface area contributed by atoms with Crippen LogP contribution in [0.5, 0.6) is 0 Å². The van der Waals surface area contributed by atoms with E-state index in [9.17, 15) is 27.9 Å². The van der Waals surface area contributed by atoms with Crippen molar-refractivity contribution in [2.75, 3.05) is 13.1 Å². The summed E-state index contributed by atoms with van der Waals surface area (Å²) in [5.74, 6) is -1.59. The monoisotopic (exact) mass is 602 g/mol. The Kier molecular flexibility index (Phi) is 8.06. The van der Waals surface area contributed by atoms with Gasteiger partial charge in [-0.25, -0.2) is 9.67 Å². The zero-order valence-electron chi connectivity index (χ0n) is 21.4. The number of pyridine rings is 1. The van der Waals surface area contributed by atoms with Gasteiger partial charge in [-0.2, -0.15) is 18.3 Å². The number of aliphatic carboxylic acids is 1. The van der Waals surface area contributed by atoms with Crippen LogP contribution < -0.4 is 0 Å². The molecular formula is C29H23Cl2F3N4O3. The molecule has 0 aliphatic carbocycles. The average Bonchev–Trinajstić information content (AvgIpc) is 3.31. The van der Waals surface area contributed by atoms with Gasteiger partial charge < -0.3 is 10.0 Å². The normalized spacial score (nSPS) is 14.3. The number of carbonyl (C=O) groups excluding carboxylic acids is 1. The first-order valence-corrected chi connectivity index (χ1v) is 13.5. The summed E-state index contributed by atoms with van der Waals surface area (Å²) in [4.78, 5) is 31.7. The van der Waals surface area contributed by atoms with Gasteiger partial charge in [0, 0.05) is 35.4 Å². The minimum absolute atomic E-state index is 0.0587. The maximum Gasteiger partial charge on any atom is 0.416 e. The second-order valence-electron chi connectivity index (χ2n) is 9.66. The maximum atomic E-state index is 13.8. The number of nitrogens with zero attached hydrogens (tertiary/aromatic N) is 4. The van der Waals surface area contributed by atoms with Gasteiger partial charge in [0.2, 0.25) is 0 Å². The third-order valence-corrected chi connectivity index (χ3v) is 7.59. The van der Waals surface area contributed by atoms with Crippen LogP contribution in [0.2, 0.25) is 10.0 Å². The van der Waals surface area contributed by atoms with Gasteiger partial charge in [0.1, 0.15) is 0 Å². The van der Waals surface area contributed by atoms with Gasteiger partial charge in [0.15, 0.2) is 11.5 Å².